The van der Waals surface area contributed by atoms with Gasteiger partial charge in [0.1, 0.15) is 4.34 Å². The van der Waals surface area contributed by atoms with Gasteiger partial charge in [-0.05, 0) is 19.9 Å². The van der Waals surface area contributed by atoms with Crippen LogP contribution in [-0.2, 0) is 0 Å². The molecule has 3 nitrogen and oxygen atoms in total. The summed E-state index contributed by atoms with van der Waals surface area (Å²) < 4.78 is 1.12. The summed E-state index contributed by atoms with van der Waals surface area (Å²) in [5, 5.41) is 14.3. The van der Waals surface area contributed by atoms with Gasteiger partial charge in [0.05, 0.1) is 0 Å². The Morgan fingerprint density at radius 2 is 2.47 bits per heavy atom. The molecule has 0 aliphatic heterocycles. The minimum absolute atomic E-state index is 0.245. The van der Waals surface area contributed by atoms with Crippen molar-refractivity contribution in [3.63, 3.8) is 0 Å². The fraction of sp³-hybridized carbons (Fsp3) is 0.700. The number of aryl methyl sites for hydroxylation is 1. The Labute approximate surface area is 99.3 Å². The number of hydrogen-bond acceptors (Lipinski definition) is 5. The Bertz CT molecular complexity index is 272. The van der Waals surface area contributed by atoms with Gasteiger partial charge in [0, 0.05) is 29.5 Å². The maximum Gasteiger partial charge on any atom is 0.150 e. The van der Waals surface area contributed by atoms with Gasteiger partial charge in [-0.15, -0.1) is 11.3 Å². The van der Waals surface area contributed by atoms with Crippen molar-refractivity contribution in [2.75, 3.05) is 18.9 Å². The summed E-state index contributed by atoms with van der Waals surface area (Å²) in [6, 6.07) is 0.384. The average molecular weight is 246 g/mol. The standard InChI is InChI=1S/C10H18N2OS2/c1-3-11-9(4-5-13)7-15-10-12-8(2)6-14-10/h6,9,11,13H,3-5,7H2,1-2H3. The summed E-state index contributed by atoms with van der Waals surface area (Å²) >= 11 is 3.45. The van der Waals surface area contributed by atoms with Crippen LogP contribution in [-0.4, -0.2) is 35.0 Å². The monoisotopic (exact) mass is 246 g/mol. The summed E-state index contributed by atoms with van der Waals surface area (Å²) in [5.41, 5.74) is 1.09. The van der Waals surface area contributed by atoms with E-state index in [1.807, 2.05) is 6.92 Å². The van der Waals surface area contributed by atoms with Crippen LogP contribution >= 0.6 is 23.1 Å². The SMILES string of the molecule is CCNC(CCO)CSc1nc(C)cs1. The van der Waals surface area contributed by atoms with Gasteiger partial charge in [-0.25, -0.2) is 4.98 Å². The molecule has 86 valence electrons. The highest BCUT2D eigenvalue weighted by Crippen LogP contribution is 2.23. The second-order valence-corrected chi connectivity index (χ2v) is 5.46. The van der Waals surface area contributed by atoms with Crippen molar-refractivity contribution in [3.8, 4) is 0 Å². The molecular formula is C10H18N2OS2. The Balaban J connectivity index is 2.32. The van der Waals surface area contributed by atoms with E-state index in [1.165, 1.54) is 0 Å². The normalized spacial score (nSPS) is 13.0. The van der Waals surface area contributed by atoms with Gasteiger partial charge < -0.3 is 10.4 Å². The summed E-state index contributed by atoms with van der Waals surface area (Å²) in [5.74, 6) is 0.974. The number of aromatic nitrogens is 1. The second-order valence-electron chi connectivity index (χ2n) is 3.33. The third-order valence-corrected chi connectivity index (χ3v) is 4.28. The average Bonchev–Trinajstić information content (AvgIpc) is 2.61. The van der Waals surface area contributed by atoms with Gasteiger partial charge >= 0.3 is 0 Å². The first-order valence-corrected chi connectivity index (χ1v) is 7.02. The van der Waals surface area contributed by atoms with Crippen molar-refractivity contribution in [2.24, 2.45) is 0 Å². The van der Waals surface area contributed by atoms with Gasteiger partial charge in [-0.1, -0.05) is 18.7 Å². The number of thiazole rings is 1. The molecule has 0 amide bonds. The molecule has 0 bridgehead atoms. The zero-order valence-electron chi connectivity index (χ0n) is 9.19. The summed E-state index contributed by atoms with van der Waals surface area (Å²) in [7, 11) is 0. The predicted molar refractivity (Wildman–Crippen MR) is 66.7 cm³/mol. The molecule has 0 aliphatic rings. The maximum absolute atomic E-state index is 8.90. The van der Waals surface area contributed by atoms with Crippen LogP contribution in [0.1, 0.15) is 19.0 Å². The van der Waals surface area contributed by atoms with Gasteiger partial charge in [-0.2, -0.15) is 0 Å². The number of nitrogens with zero attached hydrogens (tertiary/aromatic N) is 1. The van der Waals surface area contributed by atoms with E-state index in [2.05, 4.69) is 22.6 Å². The van der Waals surface area contributed by atoms with E-state index >= 15 is 0 Å². The molecule has 5 heteroatoms. The van der Waals surface area contributed by atoms with Crippen LogP contribution in [0.3, 0.4) is 0 Å². The minimum Gasteiger partial charge on any atom is -0.396 e. The predicted octanol–water partition coefficient (Wildman–Crippen LogP) is 1.90. The zero-order valence-corrected chi connectivity index (χ0v) is 10.8. The lowest BCUT2D eigenvalue weighted by Gasteiger charge is -2.15. The molecule has 1 aromatic rings. The molecule has 0 saturated carbocycles. The van der Waals surface area contributed by atoms with Crippen molar-refractivity contribution in [1.29, 1.82) is 0 Å². The van der Waals surface area contributed by atoms with Crippen molar-refractivity contribution in [2.45, 2.75) is 30.6 Å². The van der Waals surface area contributed by atoms with Crippen LogP contribution in [0.15, 0.2) is 9.72 Å². The number of thioether (sulfide) groups is 1. The largest absolute Gasteiger partial charge is 0.396 e. The van der Waals surface area contributed by atoms with E-state index in [0.29, 0.717) is 6.04 Å². The van der Waals surface area contributed by atoms with Crippen molar-refractivity contribution >= 4 is 23.1 Å². The molecule has 0 spiro atoms. The Kier molecular flexibility index (Phi) is 6.24. The van der Waals surface area contributed by atoms with Crippen molar-refractivity contribution in [3.05, 3.63) is 11.1 Å². The third-order valence-electron chi connectivity index (χ3n) is 1.98. The first-order valence-electron chi connectivity index (χ1n) is 5.15. The summed E-state index contributed by atoms with van der Waals surface area (Å²) in [6.45, 7) is 5.29. The van der Waals surface area contributed by atoms with Gasteiger partial charge in [0.15, 0.2) is 0 Å². The van der Waals surface area contributed by atoms with E-state index in [1.54, 1.807) is 23.1 Å². The zero-order chi connectivity index (χ0) is 11.1. The molecule has 15 heavy (non-hydrogen) atoms. The highest BCUT2D eigenvalue weighted by Gasteiger charge is 2.08. The second kappa shape index (κ2) is 7.22. The summed E-state index contributed by atoms with van der Waals surface area (Å²) in [4.78, 5) is 4.39. The van der Waals surface area contributed by atoms with Gasteiger partial charge in [0.25, 0.3) is 0 Å². The lowest BCUT2D eigenvalue weighted by atomic mass is 10.2. The number of rotatable bonds is 7. The smallest absolute Gasteiger partial charge is 0.150 e. The Hall–Kier alpha value is -0.100. The highest BCUT2D eigenvalue weighted by atomic mass is 32.2. The molecular weight excluding hydrogens is 228 g/mol. The molecule has 1 unspecified atom stereocenters. The quantitative estimate of drug-likeness (QED) is 0.721. The van der Waals surface area contributed by atoms with E-state index in [-0.39, 0.29) is 6.61 Å². The maximum atomic E-state index is 8.90. The Morgan fingerprint density at radius 1 is 1.67 bits per heavy atom. The first-order chi connectivity index (χ1) is 7.26. The molecule has 0 saturated heterocycles. The van der Waals surface area contributed by atoms with Gasteiger partial charge in [0.2, 0.25) is 0 Å². The number of aliphatic hydroxyl groups is 1. The molecule has 1 aromatic heterocycles. The van der Waals surface area contributed by atoms with Crippen LogP contribution in [0.2, 0.25) is 0 Å². The highest BCUT2D eigenvalue weighted by molar-refractivity contribution is 8.01. The number of aliphatic hydroxyl groups excluding tert-OH is 1. The topological polar surface area (TPSA) is 45.1 Å². The lowest BCUT2D eigenvalue weighted by Crippen LogP contribution is -2.31. The van der Waals surface area contributed by atoms with Crippen LogP contribution in [0.4, 0.5) is 0 Å². The third kappa shape index (κ3) is 4.97. The fourth-order valence-electron chi connectivity index (χ4n) is 1.26. The van der Waals surface area contributed by atoms with Crippen LogP contribution < -0.4 is 5.32 Å². The minimum atomic E-state index is 0.245. The van der Waals surface area contributed by atoms with Gasteiger partial charge in [-0.3, -0.25) is 0 Å². The molecule has 1 heterocycles. The van der Waals surface area contributed by atoms with Crippen molar-refractivity contribution < 1.29 is 5.11 Å². The van der Waals surface area contributed by atoms with E-state index in [4.69, 9.17) is 5.11 Å². The van der Waals surface area contributed by atoms with Crippen LogP contribution in [0.25, 0.3) is 0 Å². The van der Waals surface area contributed by atoms with Crippen LogP contribution in [0, 0.1) is 6.92 Å². The molecule has 1 atom stereocenters. The number of hydrogen-bond donors (Lipinski definition) is 2. The molecule has 0 fully saturated rings. The van der Waals surface area contributed by atoms with Crippen LogP contribution in [0.5, 0.6) is 0 Å². The Morgan fingerprint density at radius 3 is 3.00 bits per heavy atom. The first kappa shape index (κ1) is 13.0. The van der Waals surface area contributed by atoms with E-state index in [9.17, 15) is 0 Å². The molecule has 0 radical (unpaired) electrons. The molecule has 2 N–H and O–H groups in total. The fourth-order valence-corrected chi connectivity index (χ4v) is 3.24. The summed E-state index contributed by atoms with van der Waals surface area (Å²) in [6.07, 6.45) is 0.811. The van der Waals surface area contributed by atoms with E-state index < -0.39 is 0 Å². The van der Waals surface area contributed by atoms with Crippen molar-refractivity contribution in [1.82, 2.24) is 10.3 Å². The molecule has 0 aliphatic carbocycles. The molecule has 0 aromatic carbocycles. The number of nitrogens with one attached hydrogen (secondary N) is 1. The molecule has 1 rings (SSSR count). The lowest BCUT2D eigenvalue weighted by molar-refractivity contribution is 0.271. The van der Waals surface area contributed by atoms with E-state index in [0.717, 1.165) is 28.8 Å².